The van der Waals surface area contributed by atoms with Crippen molar-refractivity contribution in [2.75, 3.05) is 20.1 Å². The third-order valence-electron chi connectivity index (χ3n) is 5.33. The molecular weight excluding hydrogens is 350 g/mol. The Balaban J connectivity index is 1.45. The second-order valence-electron chi connectivity index (χ2n) is 7.83. The highest BCUT2D eigenvalue weighted by Gasteiger charge is 2.16. The van der Waals surface area contributed by atoms with E-state index >= 15 is 0 Å². The van der Waals surface area contributed by atoms with Crippen LogP contribution in [0, 0.1) is 19.8 Å². The molecular formula is C22H33N5O. The number of hydrogen-bond donors (Lipinski definition) is 2. The molecule has 152 valence electrons. The van der Waals surface area contributed by atoms with Crippen molar-refractivity contribution >= 4 is 5.96 Å². The van der Waals surface area contributed by atoms with Crippen LogP contribution in [-0.2, 0) is 19.6 Å². The second kappa shape index (κ2) is 9.73. The lowest BCUT2D eigenvalue weighted by atomic mass is 9.99. The molecule has 0 spiro atoms. The molecule has 1 aromatic carbocycles. The molecule has 0 saturated carbocycles. The van der Waals surface area contributed by atoms with E-state index in [0.29, 0.717) is 12.4 Å². The van der Waals surface area contributed by atoms with E-state index in [0.717, 1.165) is 36.4 Å². The quantitative estimate of drug-likeness (QED) is 0.591. The van der Waals surface area contributed by atoms with E-state index in [-0.39, 0.29) is 0 Å². The zero-order valence-corrected chi connectivity index (χ0v) is 17.6. The van der Waals surface area contributed by atoms with Gasteiger partial charge in [-0.1, -0.05) is 31.2 Å². The summed E-state index contributed by atoms with van der Waals surface area (Å²) in [6, 6.07) is 8.88. The minimum absolute atomic E-state index is 0.515. The first kappa shape index (κ1) is 20.4. The molecule has 1 unspecified atom stereocenters. The SMILES string of the molecule is CN=C(NCc1ccc(CN2CCCC(C)C2)cc1)NCc1nc(C)c(C)o1. The highest BCUT2D eigenvalue weighted by molar-refractivity contribution is 5.79. The van der Waals surface area contributed by atoms with E-state index < -0.39 is 0 Å². The highest BCUT2D eigenvalue weighted by Crippen LogP contribution is 2.18. The van der Waals surface area contributed by atoms with Crippen molar-refractivity contribution in [2.24, 2.45) is 10.9 Å². The molecule has 3 rings (SSSR count). The van der Waals surface area contributed by atoms with Gasteiger partial charge in [-0.15, -0.1) is 0 Å². The van der Waals surface area contributed by atoms with E-state index in [1.165, 1.54) is 37.1 Å². The number of nitrogens with one attached hydrogen (secondary N) is 2. The van der Waals surface area contributed by atoms with Crippen LogP contribution < -0.4 is 10.6 Å². The molecule has 2 aromatic rings. The summed E-state index contributed by atoms with van der Waals surface area (Å²) < 4.78 is 5.59. The van der Waals surface area contributed by atoms with Crippen LogP contribution in [0.15, 0.2) is 33.7 Å². The Kier molecular flexibility index (Phi) is 7.09. The van der Waals surface area contributed by atoms with Crippen LogP contribution in [0.2, 0.25) is 0 Å². The maximum Gasteiger partial charge on any atom is 0.214 e. The Labute approximate surface area is 168 Å². The predicted molar refractivity (Wildman–Crippen MR) is 113 cm³/mol. The van der Waals surface area contributed by atoms with E-state index in [4.69, 9.17) is 4.42 Å². The maximum atomic E-state index is 5.59. The average Bonchev–Trinajstić information content (AvgIpc) is 3.01. The fourth-order valence-electron chi connectivity index (χ4n) is 3.63. The molecule has 0 radical (unpaired) electrons. The van der Waals surface area contributed by atoms with Gasteiger partial charge in [-0.2, -0.15) is 0 Å². The van der Waals surface area contributed by atoms with Gasteiger partial charge in [0.15, 0.2) is 5.96 Å². The van der Waals surface area contributed by atoms with Crippen molar-refractivity contribution < 1.29 is 4.42 Å². The lowest BCUT2D eigenvalue weighted by Gasteiger charge is -2.30. The van der Waals surface area contributed by atoms with Crippen LogP contribution in [0.3, 0.4) is 0 Å². The van der Waals surface area contributed by atoms with Crippen molar-refractivity contribution in [1.82, 2.24) is 20.5 Å². The largest absolute Gasteiger partial charge is 0.444 e. The topological polar surface area (TPSA) is 65.7 Å². The monoisotopic (exact) mass is 383 g/mol. The van der Waals surface area contributed by atoms with E-state index in [1.54, 1.807) is 7.05 Å². The summed E-state index contributed by atoms with van der Waals surface area (Å²) in [6.07, 6.45) is 2.69. The van der Waals surface area contributed by atoms with Crippen LogP contribution in [0.4, 0.5) is 0 Å². The Hall–Kier alpha value is -2.34. The third kappa shape index (κ3) is 5.83. The Morgan fingerprint density at radius 1 is 1.18 bits per heavy atom. The van der Waals surface area contributed by atoms with Gasteiger partial charge in [-0.05, 0) is 50.3 Å². The number of benzene rings is 1. The number of nitrogens with zero attached hydrogens (tertiary/aromatic N) is 3. The van der Waals surface area contributed by atoms with Crippen LogP contribution in [0.5, 0.6) is 0 Å². The summed E-state index contributed by atoms with van der Waals surface area (Å²) in [6.45, 7) is 11.0. The molecule has 1 aliphatic rings. The molecule has 0 aliphatic carbocycles. The van der Waals surface area contributed by atoms with E-state index in [9.17, 15) is 0 Å². The van der Waals surface area contributed by atoms with Crippen molar-refractivity contribution in [1.29, 1.82) is 0 Å². The molecule has 1 atom stereocenters. The Bertz CT molecular complexity index is 761. The number of aliphatic imine (C=N–C) groups is 1. The normalized spacial score (nSPS) is 18.3. The standard InChI is InChI=1S/C22H33N5O/c1-16-6-5-11-27(14-16)15-20-9-7-19(8-10-20)12-24-22(23-4)25-13-21-26-17(2)18(3)28-21/h7-10,16H,5-6,11-15H2,1-4H3,(H2,23,24,25). The number of guanidine groups is 1. The van der Waals surface area contributed by atoms with Crippen molar-refractivity contribution in [3.63, 3.8) is 0 Å². The molecule has 0 amide bonds. The molecule has 1 fully saturated rings. The van der Waals surface area contributed by atoms with Gasteiger partial charge in [0.25, 0.3) is 0 Å². The van der Waals surface area contributed by atoms with Gasteiger partial charge in [-0.25, -0.2) is 4.98 Å². The number of aryl methyl sites for hydroxylation is 2. The van der Waals surface area contributed by atoms with E-state index in [1.807, 2.05) is 13.8 Å². The first-order valence-corrected chi connectivity index (χ1v) is 10.2. The summed E-state index contributed by atoms with van der Waals surface area (Å²) in [4.78, 5) is 11.2. The molecule has 1 aromatic heterocycles. The summed E-state index contributed by atoms with van der Waals surface area (Å²) in [5, 5.41) is 6.59. The highest BCUT2D eigenvalue weighted by atomic mass is 16.4. The number of oxazole rings is 1. The minimum Gasteiger partial charge on any atom is -0.444 e. The zero-order valence-electron chi connectivity index (χ0n) is 17.6. The third-order valence-corrected chi connectivity index (χ3v) is 5.33. The molecule has 2 heterocycles. The van der Waals surface area contributed by atoms with Crippen molar-refractivity contribution in [3.05, 3.63) is 52.7 Å². The summed E-state index contributed by atoms with van der Waals surface area (Å²) in [5.41, 5.74) is 3.55. The lowest BCUT2D eigenvalue weighted by molar-refractivity contribution is 0.176. The molecule has 1 aliphatic heterocycles. The van der Waals surface area contributed by atoms with Gasteiger partial charge in [-0.3, -0.25) is 9.89 Å². The van der Waals surface area contributed by atoms with Gasteiger partial charge in [0, 0.05) is 26.7 Å². The van der Waals surface area contributed by atoms with Crippen molar-refractivity contribution in [3.8, 4) is 0 Å². The molecule has 6 heteroatoms. The van der Waals surface area contributed by atoms with Gasteiger partial charge in [0.2, 0.25) is 5.89 Å². The number of rotatable bonds is 6. The van der Waals surface area contributed by atoms with Gasteiger partial charge >= 0.3 is 0 Å². The number of aromatic nitrogens is 1. The smallest absolute Gasteiger partial charge is 0.214 e. The van der Waals surface area contributed by atoms with E-state index in [2.05, 4.69) is 56.7 Å². The van der Waals surface area contributed by atoms with Gasteiger partial charge in [0.05, 0.1) is 12.2 Å². The first-order chi connectivity index (χ1) is 13.5. The summed E-state index contributed by atoms with van der Waals surface area (Å²) in [5.74, 6) is 3.09. The first-order valence-electron chi connectivity index (χ1n) is 10.2. The number of piperidine rings is 1. The maximum absolute atomic E-state index is 5.59. The molecule has 2 N–H and O–H groups in total. The number of hydrogen-bond acceptors (Lipinski definition) is 4. The molecule has 28 heavy (non-hydrogen) atoms. The lowest BCUT2D eigenvalue weighted by Crippen LogP contribution is -2.36. The van der Waals surface area contributed by atoms with Crippen LogP contribution in [0.25, 0.3) is 0 Å². The van der Waals surface area contributed by atoms with Crippen molar-refractivity contribution in [2.45, 2.75) is 53.2 Å². The van der Waals surface area contributed by atoms with Gasteiger partial charge < -0.3 is 15.1 Å². The Morgan fingerprint density at radius 3 is 2.54 bits per heavy atom. The average molecular weight is 384 g/mol. The Morgan fingerprint density at radius 2 is 1.89 bits per heavy atom. The second-order valence-corrected chi connectivity index (χ2v) is 7.83. The van der Waals surface area contributed by atoms with Crippen LogP contribution in [0.1, 0.15) is 48.2 Å². The fraction of sp³-hybridized carbons (Fsp3) is 0.545. The molecule has 1 saturated heterocycles. The van der Waals surface area contributed by atoms with Crippen LogP contribution >= 0.6 is 0 Å². The molecule has 0 bridgehead atoms. The van der Waals surface area contributed by atoms with Gasteiger partial charge in [0.1, 0.15) is 5.76 Å². The summed E-state index contributed by atoms with van der Waals surface area (Å²) in [7, 11) is 1.77. The number of likely N-dealkylation sites (tertiary alicyclic amines) is 1. The predicted octanol–water partition coefficient (Wildman–Crippen LogP) is 3.39. The zero-order chi connectivity index (χ0) is 19.9. The summed E-state index contributed by atoms with van der Waals surface area (Å²) >= 11 is 0. The molecule has 6 nitrogen and oxygen atoms in total. The van der Waals surface area contributed by atoms with Crippen LogP contribution in [-0.4, -0.2) is 36.0 Å². The minimum atomic E-state index is 0.515. The fourth-order valence-corrected chi connectivity index (χ4v) is 3.63.